The molecule has 8 heteroatoms. The van der Waals surface area contributed by atoms with Crippen molar-refractivity contribution < 1.29 is 4.39 Å². The van der Waals surface area contributed by atoms with Gasteiger partial charge < -0.3 is 16.0 Å². The Bertz CT molecular complexity index is 845. The van der Waals surface area contributed by atoms with E-state index in [1.807, 2.05) is 6.07 Å². The van der Waals surface area contributed by atoms with Gasteiger partial charge in [0, 0.05) is 35.4 Å². The molecule has 2 aliphatic rings. The fraction of sp³-hybridized carbons (Fsp3) is 0.412. The zero-order valence-electron chi connectivity index (χ0n) is 13.6. The second-order valence-corrected chi connectivity index (χ2v) is 7.05. The van der Waals surface area contributed by atoms with E-state index in [9.17, 15) is 4.39 Å². The zero-order chi connectivity index (χ0) is 17.4. The summed E-state index contributed by atoms with van der Waals surface area (Å²) in [5.74, 6) is 0.244. The number of aromatic nitrogens is 2. The average molecular weight is 363 g/mol. The van der Waals surface area contributed by atoms with Gasteiger partial charge in [-0.15, -0.1) is 0 Å². The first kappa shape index (κ1) is 16.5. The van der Waals surface area contributed by atoms with Crippen LogP contribution in [0.5, 0.6) is 0 Å². The van der Waals surface area contributed by atoms with Gasteiger partial charge in [0.2, 0.25) is 0 Å². The van der Waals surface area contributed by atoms with Crippen LogP contribution in [0.2, 0.25) is 5.02 Å². The van der Waals surface area contributed by atoms with Gasteiger partial charge in [0.05, 0.1) is 11.2 Å². The van der Waals surface area contributed by atoms with Crippen molar-refractivity contribution in [1.82, 2.24) is 20.6 Å². The zero-order valence-corrected chi connectivity index (χ0v) is 14.4. The fourth-order valence-electron chi connectivity index (χ4n) is 3.50. The molecule has 1 aliphatic heterocycles. The van der Waals surface area contributed by atoms with Crippen LogP contribution in [0.15, 0.2) is 35.5 Å². The number of rotatable bonds is 3. The number of pyridine rings is 1. The van der Waals surface area contributed by atoms with Crippen molar-refractivity contribution in [3.63, 3.8) is 0 Å². The Morgan fingerprint density at radius 1 is 1.36 bits per heavy atom. The first-order valence-corrected chi connectivity index (χ1v) is 8.82. The lowest BCUT2D eigenvalue weighted by Crippen LogP contribution is -2.53. The number of nitrogens with two attached hydrogens (primary N) is 1. The summed E-state index contributed by atoms with van der Waals surface area (Å²) >= 11 is 6.05. The molecule has 25 heavy (non-hydrogen) atoms. The normalized spacial score (nSPS) is 26.9. The molecule has 0 radical (unpaired) electrons. The number of amidine groups is 1. The summed E-state index contributed by atoms with van der Waals surface area (Å²) in [6.45, 7) is 0. The maximum absolute atomic E-state index is 14.2. The number of H-pyrrole nitrogens is 1. The highest BCUT2D eigenvalue weighted by Crippen LogP contribution is 2.23. The van der Waals surface area contributed by atoms with E-state index < -0.39 is 6.17 Å². The summed E-state index contributed by atoms with van der Waals surface area (Å²) in [4.78, 5) is 11.5. The first-order chi connectivity index (χ1) is 12.1. The number of nitrogens with zero attached hydrogens (tertiary/aromatic N) is 2. The fourth-order valence-corrected chi connectivity index (χ4v) is 3.66. The third-order valence-corrected chi connectivity index (χ3v) is 4.95. The summed E-state index contributed by atoms with van der Waals surface area (Å²) in [5.41, 5.74) is 7.55. The Kier molecular flexibility index (Phi) is 4.45. The molecule has 0 spiro atoms. The molecule has 1 saturated carbocycles. The third-order valence-electron chi connectivity index (χ3n) is 4.74. The van der Waals surface area contributed by atoms with E-state index in [1.165, 1.54) is 6.20 Å². The molecule has 1 fully saturated rings. The lowest BCUT2D eigenvalue weighted by molar-refractivity contribution is 0.299. The molecule has 2 aromatic rings. The topological polar surface area (TPSA) is 91.1 Å². The number of aliphatic imine (C=N–C) groups is 1. The van der Waals surface area contributed by atoms with Crippen LogP contribution in [0, 0.1) is 0 Å². The SMILES string of the molecule is NC1CCCC(NC2NC(c3c[nH]c4ncc(Cl)cc34)=NC=C2F)C1. The monoisotopic (exact) mass is 362 g/mol. The molecule has 0 saturated heterocycles. The highest BCUT2D eigenvalue weighted by atomic mass is 35.5. The molecule has 6 nitrogen and oxygen atoms in total. The summed E-state index contributed by atoms with van der Waals surface area (Å²) in [6, 6.07) is 2.19. The van der Waals surface area contributed by atoms with Gasteiger partial charge in [0.1, 0.15) is 17.6 Å². The average Bonchev–Trinajstić information content (AvgIpc) is 3.00. The van der Waals surface area contributed by atoms with Crippen molar-refractivity contribution in [2.75, 3.05) is 0 Å². The van der Waals surface area contributed by atoms with Gasteiger partial charge in [-0.3, -0.25) is 5.32 Å². The minimum absolute atomic E-state index is 0.178. The third kappa shape index (κ3) is 3.40. The van der Waals surface area contributed by atoms with E-state index >= 15 is 0 Å². The number of fused-ring (bicyclic) bond motifs is 1. The molecule has 2 aromatic heterocycles. The molecule has 3 atom stereocenters. The van der Waals surface area contributed by atoms with Crippen molar-refractivity contribution in [1.29, 1.82) is 0 Å². The van der Waals surface area contributed by atoms with Gasteiger partial charge >= 0.3 is 0 Å². The Morgan fingerprint density at radius 3 is 3.08 bits per heavy atom. The van der Waals surface area contributed by atoms with E-state index in [1.54, 1.807) is 12.4 Å². The van der Waals surface area contributed by atoms with Crippen LogP contribution < -0.4 is 16.4 Å². The smallest absolute Gasteiger partial charge is 0.155 e. The van der Waals surface area contributed by atoms with Crippen LogP contribution in [0.1, 0.15) is 31.2 Å². The van der Waals surface area contributed by atoms with E-state index in [4.69, 9.17) is 17.3 Å². The predicted molar refractivity (Wildman–Crippen MR) is 97.1 cm³/mol. The maximum atomic E-state index is 14.2. The van der Waals surface area contributed by atoms with Gasteiger partial charge in [-0.2, -0.15) is 0 Å². The molecule has 132 valence electrons. The highest BCUT2D eigenvalue weighted by Gasteiger charge is 2.27. The second kappa shape index (κ2) is 6.74. The van der Waals surface area contributed by atoms with E-state index in [2.05, 4.69) is 25.6 Å². The number of nitrogens with one attached hydrogen (secondary N) is 3. The van der Waals surface area contributed by atoms with Crippen LogP contribution in [0.3, 0.4) is 0 Å². The minimum Gasteiger partial charge on any atom is -0.348 e. The Labute approximate surface area is 149 Å². The van der Waals surface area contributed by atoms with Crippen molar-refractivity contribution >= 4 is 28.5 Å². The van der Waals surface area contributed by atoms with Crippen molar-refractivity contribution in [3.8, 4) is 0 Å². The Balaban J connectivity index is 1.56. The number of hydrogen-bond acceptors (Lipinski definition) is 5. The van der Waals surface area contributed by atoms with Gasteiger partial charge in [-0.1, -0.05) is 18.0 Å². The number of aromatic amines is 1. The standard InChI is InChI=1S/C17H20ClFN6/c18-9-4-12-13(7-22-15(12)21-6-9)16-23-8-14(19)17(25-16)24-11-3-1-2-10(20)5-11/h4,6-8,10-11,17,24H,1-3,5,20H2,(H,21,22)(H,23,25). The summed E-state index contributed by atoms with van der Waals surface area (Å²) in [5, 5.41) is 7.85. The van der Waals surface area contributed by atoms with Crippen LogP contribution in [0.25, 0.3) is 11.0 Å². The Morgan fingerprint density at radius 2 is 2.24 bits per heavy atom. The van der Waals surface area contributed by atoms with Gasteiger partial charge in [0.15, 0.2) is 5.83 Å². The van der Waals surface area contributed by atoms with Crippen LogP contribution in [-0.2, 0) is 0 Å². The van der Waals surface area contributed by atoms with Crippen LogP contribution in [0.4, 0.5) is 4.39 Å². The summed E-state index contributed by atoms with van der Waals surface area (Å²) in [6.07, 6.45) is 7.96. The molecule has 0 amide bonds. The quantitative estimate of drug-likeness (QED) is 0.675. The van der Waals surface area contributed by atoms with Crippen molar-refractivity contribution in [2.45, 2.75) is 43.9 Å². The number of hydrogen-bond donors (Lipinski definition) is 4. The Hall–Kier alpha value is -1.96. The van der Waals surface area contributed by atoms with Gasteiger partial charge in [-0.25, -0.2) is 14.4 Å². The van der Waals surface area contributed by atoms with Crippen molar-refractivity contribution in [3.05, 3.63) is 41.1 Å². The lowest BCUT2D eigenvalue weighted by Gasteiger charge is -2.32. The van der Waals surface area contributed by atoms with Crippen LogP contribution in [-0.4, -0.2) is 34.1 Å². The lowest BCUT2D eigenvalue weighted by atomic mass is 9.91. The highest BCUT2D eigenvalue weighted by molar-refractivity contribution is 6.31. The molecule has 3 unspecified atom stereocenters. The van der Waals surface area contributed by atoms with Gasteiger partial charge in [0.25, 0.3) is 0 Å². The van der Waals surface area contributed by atoms with E-state index in [-0.39, 0.29) is 17.9 Å². The molecule has 0 bridgehead atoms. The molecule has 5 N–H and O–H groups in total. The van der Waals surface area contributed by atoms with Crippen molar-refractivity contribution in [2.24, 2.45) is 10.7 Å². The maximum Gasteiger partial charge on any atom is 0.155 e. The molecule has 0 aromatic carbocycles. The molecule has 3 heterocycles. The molecule has 4 rings (SSSR count). The van der Waals surface area contributed by atoms with E-state index in [0.29, 0.717) is 16.5 Å². The minimum atomic E-state index is -0.611. The first-order valence-electron chi connectivity index (χ1n) is 8.44. The summed E-state index contributed by atoms with van der Waals surface area (Å²) in [7, 11) is 0. The predicted octanol–water partition coefficient (Wildman–Crippen LogP) is 2.56. The second-order valence-electron chi connectivity index (χ2n) is 6.61. The summed E-state index contributed by atoms with van der Waals surface area (Å²) < 4.78 is 14.2. The van der Waals surface area contributed by atoms with E-state index in [0.717, 1.165) is 36.6 Å². The molecular weight excluding hydrogens is 343 g/mol. The van der Waals surface area contributed by atoms with Crippen LogP contribution >= 0.6 is 11.6 Å². The van der Waals surface area contributed by atoms with Gasteiger partial charge in [-0.05, 0) is 25.3 Å². The molecular formula is C17H20ClFN6. The largest absolute Gasteiger partial charge is 0.348 e. The molecule has 1 aliphatic carbocycles. The number of halogens is 2.